The van der Waals surface area contributed by atoms with Crippen LogP contribution < -0.4 is 5.32 Å². The van der Waals surface area contributed by atoms with Crippen LogP contribution in [0.15, 0.2) is 28.8 Å². The Morgan fingerprint density at radius 2 is 1.88 bits per heavy atom. The van der Waals surface area contributed by atoms with E-state index in [0.29, 0.717) is 24.3 Å². The van der Waals surface area contributed by atoms with Crippen LogP contribution in [-0.4, -0.2) is 40.7 Å². The molecule has 128 valence electrons. The minimum absolute atomic E-state index is 0.263. The molecule has 1 aliphatic carbocycles. The maximum Gasteiger partial charge on any atom is 0.241 e. The second-order valence-electron chi connectivity index (χ2n) is 6.92. The van der Waals surface area contributed by atoms with E-state index in [1.807, 2.05) is 0 Å². The summed E-state index contributed by atoms with van der Waals surface area (Å²) in [5, 5.41) is 7.69. The van der Waals surface area contributed by atoms with Crippen molar-refractivity contribution < 1.29 is 8.91 Å². The highest BCUT2D eigenvalue weighted by atomic mass is 19.1. The van der Waals surface area contributed by atoms with E-state index in [2.05, 4.69) is 20.4 Å². The summed E-state index contributed by atoms with van der Waals surface area (Å²) >= 11 is 0. The number of benzene rings is 1. The molecule has 6 heteroatoms. The Morgan fingerprint density at radius 1 is 1.12 bits per heavy atom. The maximum absolute atomic E-state index is 13.0. The van der Waals surface area contributed by atoms with Gasteiger partial charge in [0.2, 0.25) is 11.7 Å². The number of nitrogens with one attached hydrogen (secondary N) is 1. The van der Waals surface area contributed by atoms with Gasteiger partial charge in [-0.2, -0.15) is 4.98 Å². The first-order valence-electron chi connectivity index (χ1n) is 8.80. The molecular weight excluding hydrogens is 307 g/mol. The zero-order valence-corrected chi connectivity index (χ0v) is 13.7. The number of halogens is 1. The predicted octanol–water partition coefficient (Wildman–Crippen LogP) is 2.84. The van der Waals surface area contributed by atoms with Crippen LogP contribution >= 0.6 is 0 Å². The largest absolute Gasteiger partial charge is 0.338 e. The maximum atomic E-state index is 13.0. The minimum Gasteiger partial charge on any atom is -0.338 e. The highest BCUT2D eigenvalue weighted by Gasteiger charge is 2.25. The standard InChI is InChI=1S/C18H23FN4O/c19-15-5-3-14(4-6-15)18-21-17(24-22-18)12-23-9-7-16(8-10-23)20-11-13-1-2-13/h3-6,13,16,20H,1-2,7-12H2. The molecule has 0 bridgehead atoms. The number of likely N-dealkylation sites (tertiary alicyclic amines) is 1. The van der Waals surface area contributed by atoms with Gasteiger partial charge in [-0.1, -0.05) is 5.16 Å². The van der Waals surface area contributed by atoms with Crippen molar-refractivity contribution in [1.82, 2.24) is 20.4 Å². The molecule has 1 N–H and O–H groups in total. The van der Waals surface area contributed by atoms with Crippen LogP contribution in [0.25, 0.3) is 11.4 Å². The fourth-order valence-electron chi connectivity index (χ4n) is 3.18. The van der Waals surface area contributed by atoms with Gasteiger partial charge in [0, 0.05) is 24.7 Å². The number of piperidine rings is 1. The van der Waals surface area contributed by atoms with Gasteiger partial charge in [-0.3, -0.25) is 4.90 Å². The molecule has 1 aliphatic heterocycles. The van der Waals surface area contributed by atoms with Gasteiger partial charge >= 0.3 is 0 Å². The Morgan fingerprint density at radius 3 is 2.58 bits per heavy atom. The fraction of sp³-hybridized carbons (Fsp3) is 0.556. The summed E-state index contributed by atoms with van der Waals surface area (Å²) in [7, 11) is 0. The number of nitrogens with zero attached hydrogens (tertiary/aromatic N) is 3. The number of hydrogen-bond acceptors (Lipinski definition) is 5. The van der Waals surface area contributed by atoms with Crippen LogP contribution in [0.2, 0.25) is 0 Å². The lowest BCUT2D eigenvalue weighted by Crippen LogP contribution is -2.42. The molecule has 0 atom stereocenters. The second kappa shape index (κ2) is 6.99. The lowest BCUT2D eigenvalue weighted by molar-refractivity contribution is 0.170. The molecule has 1 saturated heterocycles. The number of rotatable bonds is 6. The minimum atomic E-state index is -0.263. The van der Waals surface area contributed by atoms with Gasteiger partial charge < -0.3 is 9.84 Å². The monoisotopic (exact) mass is 330 g/mol. The lowest BCUT2D eigenvalue weighted by atomic mass is 10.0. The van der Waals surface area contributed by atoms with Crippen molar-refractivity contribution >= 4 is 0 Å². The van der Waals surface area contributed by atoms with Gasteiger partial charge in [-0.05, 0) is 62.4 Å². The van der Waals surface area contributed by atoms with E-state index in [-0.39, 0.29) is 5.82 Å². The molecule has 0 unspecified atom stereocenters. The van der Waals surface area contributed by atoms with Crippen molar-refractivity contribution in [3.05, 3.63) is 36.0 Å². The van der Waals surface area contributed by atoms with Crippen LogP contribution in [0.3, 0.4) is 0 Å². The number of aromatic nitrogens is 2. The van der Waals surface area contributed by atoms with E-state index in [9.17, 15) is 4.39 Å². The summed E-state index contributed by atoms with van der Waals surface area (Å²) < 4.78 is 18.3. The van der Waals surface area contributed by atoms with Gasteiger partial charge in [-0.15, -0.1) is 0 Å². The van der Waals surface area contributed by atoms with Crippen molar-refractivity contribution in [2.75, 3.05) is 19.6 Å². The predicted molar refractivity (Wildman–Crippen MR) is 88.7 cm³/mol. The summed E-state index contributed by atoms with van der Waals surface area (Å²) in [6.45, 7) is 3.98. The first-order chi connectivity index (χ1) is 11.8. The lowest BCUT2D eigenvalue weighted by Gasteiger charge is -2.31. The quantitative estimate of drug-likeness (QED) is 0.883. The second-order valence-corrected chi connectivity index (χ2v) is 6.92. The molecule has 2 heterocycles. The van der Waals surface area contributed by atoms with Crippen molar-refractivity contribution in [2.45, 2.75) is 38.3 Å². The molecule has 2 aliphatic rings. The van der Waals surface area contributed by atoms with Crippen LogP contribution in [0, 0.1) is 11.7 Å². The molecule has 2 aromatic rings. The molecule has 1 saturated carbocycles. The molecule has 1 aromatic carbocycles. The van der Waals surface area contributed by atoms with Gasteiger partial charge in [0.1, 0.15) is 5.82 Å². The average molecular weight is 330 g/mol. The van der Waals surface area contributed by atoms with E-state index >= 15 is 0 Å². The molecule has 24 heavy (non-hydrogen) atoms. The van der Waals surface area contributed by atoms with E-state index in [0.717, 1.165) is 24.6 Å². The Hall–Kier alpha value is -1.79. The Balaban J connectivity index is 1.27. The molecule has 0 spiro atoms. The third-order valence-electron chi connectivity index (χ3n) is 4.91. The molecule has 5 nitrogen and oxygen atoms in total. The van der Waals surface area contributed by atoms with Gasteiger partial charge in [0.15, 0.2) is 0 Å². The van der Waals surface area contributed by atoms with Crippen molar-refractivity contribution in [1.29, 1.82) is 0 Å². The van der Waals surface area contributed by atoms with E-state index in [4.69, 9.17) is 4.52 Å². The SMILES string of the molecule is Fc1ccc(-c2noc(CN3CCC(NCC4CC4)CC3)n2)cc1. The van der Waals surface area contributed by atoms with E-state index in [1.165, 1.54) is 44.4 Å². The molecule has 0 radical (unpaired) electrons. The first-order valence-corrected chi connectivity index (χ1v) is 8.80. The third-order valence-corrected chi connectivity index (χ3v) is 4.91. The number of hydrogen-bond donors (Lipinski definition) is 1. The summed E-state index contributed by atoms with van der Waals surface area (Å²) in [6.07, 6.45) is 5.15. The van der Waals surface area contributed by atoms with Crippen LogP contribution in [0.5, 0.6) is 0 Å². The van der Waals surface area contributed by atoms with E-state index < -0.39 is 0 Å². The summed E-state index contributed by atoms with van der Waals surface area (Å²) in [4.78, 5) is 6.79. The van der Waals surface area contributed by atoms with Crippen LogP contribution in [0.1, 0.15) is 31.6 Å². The Kier molecular flexibility index (Phi) is 4.58. The summed E-state index contributed by atoms with van der Waals surface area (Å²) in [5.41, 5.74) is 0.773. The first kappa shape index (κ1) is 15.7. The molecule has 1 aromatic heterocycles. The van der Waals surface area contributed by atoms with Crippen molar-refractivity contribution in [3.8, 4) is 11.4 Å². The zero-order chi connectivity index (χ0) is 16.4. The van der Waals surface area contributed by atoms with Crippen molar-refractivity contribution in [3.63, 3.8) is 0 Å². The third kappa shape index (κ3) is 3.99. The van der Waals surface area contributed by atoms with E-state index in [1.54, 1.807) is 12.1 Å². The van der Waals surface area contributed by atoms with Gasteiger partial charge in [0.05, 0.1) is 6.54 Å². The topological polar surface area (TPSA) is 54.2 Å². The molecule has 2 fully saturated rings. The summed E-state index contributed by atoms with van der Waals surface area (Å²) in [6, 6.07) is 6.80. The van der Waals surface area contributed by atoms with Gasteiger partial charge in [0.25, 0.3) is 0 Å². The zero-order valence-electron chi connectivity index (χ0n) is 13.7. The van der Waals surface area contributed by atoms with Crippen molar-refractivity contribution in [2.24, 2.45) is 5.92 Å². The Labute approximate surface area is 141 Å². The summed E-state index contributed by atoms with van der Waals surface area (Å²) in [5.74, 6) is 1.82. The molecule has 4 rings (SSSR count). The molecule has 0 amide bonds. The highest BCUT2D eigenvalue weighted by molar-refractivity contribution is 5.53. The normalized spacial score (nSPS) is 19.7. The van der Waals surface area contributed by atoms with Crippen LogP contribution in [0.4, 0.5) is 4.39 Å². The fourth-order valence-corrected chi connectivity index (χ4v) is 3.18. The average Bonchev–Trinajstić information content (AvgIpc) is 3.33. The Bertz CT molecular complexity index is 660. The van der Waals surface area contributed by atoms with Gasteiger partial charge in [-0.25, -0.2) is 4.39 Å². The molecular formula is C18H23FN4O. The smallest absolute Gasteiger partial charge is 0.241 e. The van der Waals surface area contributed by atoms with Crippen LogP contribution in [-0.2, 0) is 6.54 Å². The highest BCUT2D eigenvalue weighted by Crippen LogP contribution is 2.28.